The lowest BCUT2D eigenvalue weighted by atomic mass is 10.1. The highest BCUT2D eigenvalue weighted by atomic mass is 16.5. The average molecular weight is 325 g/mol. The van der Waals surface area contributed by atoms with Crippen LogP contribution in [0.5, 0.6) is 0 Å². The minimum Gasteiger partial charge on any atom is -0.475 e. The van der Waals surface area contributed by atoms with Crippen molar-refractivity contribution in [3.8, 4) is 0 Å². The summed E-state index contributed by atoms with van der Waals surface area (Å²) in [5, 5.41) is 2.55. The number of aliphatic imine (C=N–C) groups is 1. The van der Waals surface area contributed by atoms with E-state index in [1.54, 1.807) is 14.0 Å². The van der Waals surface area contributed by atoms with Gasteiger partial charge in [0.05, 0.1) is 0 Å². The Hall–Kier alpha value is -2.89. The van der Waals surface area contributed by atoms with Crippen molar-refractivity contribution in [1.29, 1.82) is 0 Å². The highest BCUT2D eigenvalue weighted by Gasteiger charge is 2.39. The number of hydrogen-bond acceptors (Lipinski definition) is 5. The zero-order valence-electron chi connectivity index (χ0n) is 13.9. The van der Waals surface area contributed by atoms with Gasteiger partial charge >= 0.3 is 0 Å². The molecule has 1 N–H and O–H groups in total. The minimum atomic E-state index is -0.743. The Morgan fingerprint density at radius 3 is 2.75 bits per heavy atom. The molecule has 0 unspecified atom stereocenters. The number of nitrogens with zero attached hydrogens (tertiary/aromatic N) is 2. The van der Waals surface area contributed by atoms with Crippen LogP contribution in [0.25, 0.3) is 6.08 Å². The summed E-state index contributed by atoms with van der Waals surface area (Å²) in [6.45, 7) is 3.89. The lowest BCUT2D eigenvalue weighted by Crippen LogP contribution is -2.23. The molecule has 1 aliphatic rings. The molecule has 1 atom stereocenters. The van der Waals surface area contributed by atoms with Gasteiger partial charge in [-0.05, 0) is 25.5 Å². The first-order valence-electron chi connectivity index (χ1n) is 7.67. The summed E-state index contributed by atoms with van der Waals surface area (Å²) in [4.78, 5) is 20.6. The summed E-state index contributed by atoms with van der Waals surface area (Å²) < 4.78 is 11.3. The van der Waals surface area contributed by atoms with Crippen LogP contribution in [0.1, 0.15) is 34.6 Å². The van der Waals surface area contributed by atoms with Crippen LogP contribution in [0.3, 0.4) is 0 Å². The predicted molar refractivity (Wildman–Crippen MR) is 90.8 cm³/mol. The number of ether oxygens (including phenoxy) is 1. The quantitative estimate of drug-likeness (QED) is 0.937. The second kappa shape index (κ2) is 6.31. The van der Waals surface area contributed by atoms with Gasteiger partial charge in [-0.2, -0.15) is 0 Å². The van der Waals surface area contributed by atoms with Gasteiger partial charge in [-0.1, -0.05) is 30.3 Å². The predicted octanol–water partition coefficient (Wildman–Crippen LogP) is 2.70. The number of carbonyl (C=O) groups is 1. The van der Waals surface area contributed by atoms with Crippen molar-refractivity contribution in [3.63, 3.8) is 0 Å². The van der Waals surface area contributed by atoms with Gasteiger partial charge in [0.1, 0.15) is 12.4 Å². The number of amides is 1. The van der Waals surface area contributed by atoms with Crippen LogP contribution < -0.4 is 5.32 Å². The zero-order valence-corrected chi connectivity index (χ0v) is 13.9. The summed E-state index contributed by atoms with van der Waals surface area (Å²) >= 11 is 0. The first-order valence-corrected chi connectivity index (χ1v) is 7.67. The fraction of sp³-hybridized carbons (Fsp3) is 0.278. The van der Waals surface area contributed by atoms with E-state index < -0.39 is 5.54 Å². The van der Waals surface area contributed by atoms with E-state index in [2.05, 4.69) is 15.3 Å². The molecule has 24 heavy (non-hydrogen) atoms. The molecule has 6 nitrogen and oxygen atoms in total. The summed E-state index contributed by atoms with van der Waals surface area (Å²) in [5.74, 6) is 1.08. The van der Waals surface area contributed by atoms with Crippen molar-refractivity contribution in [1.82, 2.24) is 10.3 Å². The maximum atomic E-state index is 11.8. The van der Waals surface area contributed by atoms with E-state index in [1.165, 1.54) is 0 Å². The van der Waals surface area contributed by atoms with Crippen LogP contribution in [0, 0.1) is 6.92 Å². The van der Waals surface area contributed by atoms with E-state index in [4.69, 9.17) is 9.15 Å². The Labute approximate surface area is 140 Å². The second-order valence-electron chi connectivity index (χ2n) is 5.76. The molecule has 0 saturated heterocycles. The van der Waals surface area contributed by atoms with Crippen LogP contribution >= 0.6 is 0 Å². The minimum absolute atomic E-state index is 0.275. The number of benzene rings is 1. The molecule has 0 spiro atoms. The average Bonchev–Trinajstić information content (AvgIpc) is 3.18. The van der Waals surface area contributed by atoms with Gasteiger partial charge in [-0.15, -0.1) is 0 Å². The Morgan fingerprint density at radius 1 is 1.29 bits per heavy atom. The molecule has 1 amide bonds. The van der Waals surface area contributed by atoms with E-state index in [0.29, 0.717) is 24.2 Å². The van der Waals surface area contributed by atoms with Crippen LogP contribution in [0.4, 0.5) is 0 Å². The van der Waals surface area contributed by atoms with E-state index in [1.807, 2.05) is 49.4 Å². The second-order valence-corrected chi connectivity index (χ2v) is 5.76. The number of hydrogen-bond donors (Lipinski definition) is 1. The molecular formula is C18H19N3O3. The molecule has 1 aromatic heterocycles. The zero-order chi connectivity index (χ0) is 17.2. The third-order valence-electron chi connectivity index (χ3n) is 3.78. The summed E-state index contributed by atoms with van der Waals surface area (Å²) in [6, 6.07) is 9.90. The molecule has 1 aliphatic heterocycles. The van der Waals surface area contributed by atoms with Gasteiger partial charge in [0.25, 0.3) is 5.91 Å². The molecule has 0 radical (unpaired) electrons. The number of carbonyl (C=O) groups excluding carboxylic acids is 1. The van der Waals surface area contributed by atoms with Gasteiger partial charge in [-0.3, -0.25) is 4.79 Å². The van der Waals surface area contributed by atoms with E-state index in [0.717, 1.165) is 5.56 Å². The van der Waals surface area contributed by atoms with Gasteiger partial charge < -0.3 is 14.5 Å². The first-order chi connectivity index (χ1) is 11.5. The monoisotopic (exact) mass is 325 g/mol. The van der Waals surface area contributed by atoms with Crippen molar-refractivity contribution >= 4 is 17.9 Å². The van der Waals surface area contributed by atoms with Crippen LogP contribution in [-0.2, 0) is 10.3 Å². The van der Waals surface area contributed by atoms with Gasteiger partial charge in [0, 0.05) is 13.1 Å². The largest absolute Gasteiger partial charge is 0.475 e. The van der Waals surface area contributed by atoms with Gasteiger partial charge in [0.15, 0.2) is 11.2 Å². The summed E-state index contributed by atoms with van der Waals surface area (Å²) in [6.07, 6.45) is 3.75. The maximum absolute atomic E-state index is 11.8. The number of nitrogens with one attached hydrogen (secondary N) is 1. The standard InChI is InChI=1S/C18H19N3O3/c1-12-15(16(22)19-3)20-17(24-12)18(2)11-23-14(21-18)10-9-13-7-5-4-6-8-13/h4-10H,11H2,1-3H3,(H,19,22)/b10-9+/t18-/m0/s1. The van der Waals surface area contributed by atoms with Crippen molar-refractivity contribution in [2.45, 2.75) is 19.4 Å². The molecule has 6 heteroatoms. The fourth-order valence-electron chi connectivity index (χ4n) is 2.40. The fourth-order valence-corrected chi connectivity index (χ4v) is 2.40. The van der Waals surface area contributed by atoms with Gasteiger partial charge in [-0.25, -0.2) is 9.98 Å². The highest BCUT2D eigenvalue weighted by Crippen LogP contribution is 2.31. The van der Waals surface area contributed by atoms with Crippen LogP contribution in [-0.4, -0.2) is 30.4 Å². The van der Waals surface area contributed by atoms with Gasteiger partial charge in [0.2, 0.25) is 11.8 Å². The Morgan fingerprint density at radius 2 is 2.04 bits per heavy atom. The number of oxazole rings is 1. The SMILES string of the molecule is CNC(=O)c1nc([C@]2(C)COC(/C=C/c3ccccc3)=N2)oc1C. The normalized spacial score (nSPS) is 20.0. The van der Waals surface area contributed by atoms with E-state index in [-0.39, 0.29) is 11.6 Å². The Kier molecular flexibility index (Phi) is 4.20. The molecule has 0 aliphatic carbocycles. The topological polar surface area (TPSA) is 76.7 Å². The number of rotatable bonds is 4. The number of aromatic nitrogens is 1. The molecule has 2 aromatic rings. The van der Waals surface area contributed by atoms with Crippen molar-refractivity contribution in [2.24, 2.45) is 4.99 Å². The smallest absolute Gasteiger partial charge is 0.273 e. The highest BCUT2D eigenvalue weighted by molar-refractivity contribution is 5.94. The third kappa shape index (κ3) is 3.08. The van der Waals surface area contributed by atoms with Crippen LogP contribution in [0.2, 0.25) is 0 Å². The van der Waals surface area contributed by atoms with Crippen molar-refractivity contribution in [2.75, 3.05) is 13.7 Å². The molecule has 2 heterocycles. The van der Waals surface area contributed by atoms with Crippen molar-refractivity contribution < 1.29 is 13.9 Å². The lowest BCUT2D eigenvalue weighted by molar-refractivity contribution is 0.0957. The van der Waals surface area contributed by atoms with E-state index >= 15 is 0 Å². The molecule has 1 aromatic carbocycles. The molecule has 3 rings (SSSR count). The van der Waals surface area contributed by atoms with E-state index in [9.17, 15) is 4.79 Å². The summed E-state index contributed by atoms with van der Waals surface area (Å²) in [7, 11) is 1.56. The van der Waals surface area contributed by atoms with Crippen LogP contribution in [0.15, 0.2) is 45.8 Å². The molecule has 124 valence electrons. The Bertz CT molecular complexity index is 808. The summed E-state index contributed by atoms with van der Waals surface area (Å²) in [5.41, 5.74) is 0.594. The van der Waals surface area contributed by atoms with Crippen molar-refractivity contribution in [3.05, 3.63) is 59.3 Å². The number of aryl methyl sites for hydroxylation is 1. The molecule has 0 bridgehead atoms. The maximum Gasteiger partial charge on any atom is 0.273 e. The molecule has 0 fully saturated rings. The first kappa shape index (κ1) is 16.0. The molecular weight excluding hydrogens is 306 g/mol. The third-order valence-corrected chi connectivity index (χ3v) is 3.78. The molecule has 0 saturated carbocycles. The Balaban J connectivity index is 1.83. The lowest BCUT2D eigenvalue weighted by Gasteiger charge is -2.12.